The third kappa shape index (κ3) is 3.02. The van der Waals surface area contributed by atoms with E-state index in [-0.39, 0.29) is 11.8 Å². The number of amides is 1. The minimum Gasteiger partial charge on any atom is -0.497 e. The van der Waals surface area contributed by atoms with Crippen molar-refractivity contribution in [1.29, 1.82) is 0 Å². The van der Waals surface area contributed by atoms with Crippen molar-refractivity contribution in [3.05, 3.63) is 18.2 Å². The van der Waals surface area contributed by atoms with Crippen LogP contribution in [0.1, 0.15) is 13.8 Å². The molecular weight excluding hydrogens is 262 g/mol. The predicted molar refractivity (Wildman–Crippen MR) is 77.6 cm³/mol. The summed E-state index contributed by atoms with van der Waals surface area (Å²) in [5, 5.41) is 3.31. The van der Waals surface area contributed by atoms with Gasteiger partial charge in [0.25, 0.3) is 0 Å². The second-order valence-corrected chi connectivity index (χ2v) is 5.64. The highest BCUT2D eigenvalue weighted by molar-refractivity contribution is 7.22. The van der Waals surface area contributed by atoms with Crippen molar-refractivity contribution in [2.24, 2.45) is 11.7 Å². The number of carbonyl (C=O) groups is 1. The number of thiazole rings is 1. The van der Waals surface area contributed by atoms with Crippen molar-refractivity contribution >= 4 is 32.6 Å². The first-order chi connectivity index (χ1) is 9.01. The SMILES string of the molecule is COc1ccc2nc(NC(=O)C(N)C(C)C)sc2c1. The number of fused-ring (bicyclic) bond motifs is 1. The summed E-state index contributed by atoms with van der Waals surface area (Å²) >= 11 is 1.41. The molecule has 6 heteroatoms. The number of anilines is 1. The fourth-order valence-electron chi connectivity index (χ4n) is 1.58. The molecule has 0 aliphatic rings. The lowest BCUT2D eigenvalue weighted by atomic mass is 10.1. The Morgan fingerprint density at radius 3 is 2.84 bits per heavy atom. The molecule has 0 aliphatic heterocycles. The summed E-state index contributed by atoms with van der Waals surface area (Å²) in [6, 6.07) is 5.07. The highest BCUT2D eigenvalue weighted by Gasteiger charge is 2.18. The number of methoxy groups -OCH3 is 1. The predicted octanol–water partition coefficient (Wildman–Crippen LogP) is 2.23. The number of ether oxygens (including phenoxy) is 1. The third-order valence-electron chi connectivity index (χ3n) is 2.85. The monoisotopic (exact) mass is 279 g/mol. The van der Waals surface area contributed by atoms with E-state index in [9.17, 15) is 4.79 Å². The Labute approximate surface area is 115 Å². The summed E-state index contributed by atoms with van der Waals surface area (Å²) in [5.74, 6) is 0.656. The molecule has 5 nitrogen and oxygen atoms in total. The fourth-order valence-corrected chi connectivity index (χ4v) is 2.47. The van der Waals surface area contributed by atoms with Crippen LogP contribution in [0.15, 0.2) is 18.2 Å². The normalized spacial score (nSPS) is 12.7. The molecule has 2 rings (SSSR count). The number of carbonyl (C=O) groups excluding carboxylic acids is 1. The van der Waals surface area contributed by atoms with Crippen molar-refractivity contribution in [3.63, 3.8) is 0 Å². The molecule has 19 heavy (non-hydrogen) atoms. The maximum Gasteiger partial charge on any atom is 0.243 e. The topological polar surface area (TPSA) is 77.2 Å². The molecule has 1 unspecified atom stereocenters. The molecule has 0 saturated heterocycles. The van der Waals surface area contributed by atoms with Gasteiger partial charge < -0.3 is 15.8 Å². The van der Waals surface area contributed by atoms with E-state index >= 15 is 0 Å². The molecule has 1 aromatic carbocycles. The van der Waals surface area contributed by atoms with Gasteiger partial charge in [0.1, 0.15) is 5.75 Å². The highest BCUT2D eigenvalue weighted by Crippen LogP contribution is 2.29. The van der Waals surface area contributed by atoms with Crippen LogP contribution in [0.3, 0.4) is 0 Å². The van der Waals surface area contributed by atoms with Gasteiger partial charge in [-0.15, -0.1) is 0 Å². The molecule has 0 fully saturated rings. The molecule has 3 N–H and O–H groups in total. The van der Waals surface area contributed by atoms with Crippen molar-refractivity contribution in [3.8, 4) is 5.75 Å². The minimum absolute atomic E-state index is 0.0921. The Bertz CT molecular complexity index is 595. The molecule has 2 aromatic rings. The van der Waals surface area contributed by atoms with Crippen molar-refractivity contribution in [1.82, 2.24) is 4.98 Å². The summed E-state index contributed by atoms with van der Waals surface area (Å²) in [4.78, 5) is 16.2. The Balaban J connectivity index is 2.20. The number of nitrogens with zero attached hydrogens (tertiary/aromatic N) is 1. The summed E-state index contributed by atoms with van der Waals surface area (Å²) in [7, 11) is 1.62. The second-order valence-electron chi connectivity index (χ2n) is 4.61. The van der Waals surface area contributed by atoms with E-state index in [2.05, 4.69) is 10.3 Å². The first-order valence-corrected chi connectivity index (χ1v) is 6.84. The number of benzene rings is 1. The molecule has 0 saturated carbocycles. The summed E-state index contributed by atoms with van der Waals surface area (Å²) < 4.78 is 6.12. The Morgan fingerprint density at radius 2 is 2.21 bits per heavy atom. The number of hydrogen-bond donors (Lipinski definition) is 2. The zero-order chi connectivity index (χ0) is 14.0. The lowest BCUT2D eigenvalue weighted by Crippen LogP contribution is -2.39. The van der Waals surface area contributed by atoms with Gasteiger partial charge in [0.2, 0.25) is 5.91 Å². The Kier molecular flexibility index (Phi) is 4.01. The summed E-state index contributed by atoms with van der Waals surface area (Å²) in [6.45, 7) is 3.82. The quantitative estimate of drug-likeness (QED) is 0.899. The van der Waals surface area contributed by atoms with Gasteiger partial charge in [-0.1, -0.05) is 25.2 Å². The van der Waals surface area contributed by atoms with Crippen LogP contribution in [-0.2, 0) is 4.79 Å². The molecule has 102 valence electrons. The number of nitrogens with one attached hydrogen (secondary N) is 1. The zero-order valence-electron chi connectivity index (χ0n) is 11.1. The van der Waals surface area contributed by atoms with Crippen LogP contribution in [0.25, 0.3) is 10.2 Å². The van der Waals surface area contributed by atoms with E-state index in [0.717, 1.165) is 16.0 Å². The maximum absolute atomic E-state index is 11.9. The van der Waals surface area contributed by atoms with E-state index in [1.807, 2.05) is 32.0 Å². The van der Waals surface area contributed by atoms with Gasteiger partial charge in [-0.2, -0.15) is 0 Å². The lowest BCUT2D eigenvalue weighted by molar-refractivity contribution is -0.118. The molecule has 1 aromatic heterocycles. The van der Waals surface area contributed by atoms with Gasteiger partial charge in [-0.25, -0.2) is 4.98 Å². The first-order valence-electron chi connectivity index (χ1n) is 6.02. The van der Waals surface area contributed by atoms with Crippen molar-refractivity contribution in [2.45, 2.75) is 19.9 Å². The van der Waals surface area contributed by atoms with Gasteiger partial charge in [-0.3, -0.25) is 4.79 Å². The molecule has 0 radical (unpaired) electrons. The van der Waals surface area contributed by atoms with Crippen LogP contribution < -0.4 is 15.8 Å². The van der Waals surface area contributed by atoms with Crippen LogP contribution in [0, 0.1) is 5.92 Å². The van der Waals surface area contributed by atoms with E-state index in [4.69, 9.17) is 10.5 Å². The minimum atomic E-state index is -0.526. The van der Waals surface area contributed by atoms with E-state index in [1.165, 1.54) is 11.3 Å². The maximum atomic E-state index is 11.9. The van der Waals surface area contributed by atoms with Crippen LogP contribution in [-0.4, -0.2) is 24.0 Å². The van der Waals surface area contributed by atoms with E-state index < -0.39 is 6.04 Å². The van der Waals surface area contributed by atoms with Gasteiger partial charge in [0.05, 0.1) is 23.4 Å². The van der Waals surface area contributed by atoms with Crippen molar-refractivity contribution < 1.29 is 9.53 Å². The molecule has 1 heterocycles. The first kappa shape index (κ1) is 13.8. The number of nitrogens with two attached hydrogens (primary N) is 1. The van der Waals surface area contributed by atoms with E-state index in [0.29, 0.717) is 5.13 Å². The van der Waals surface area contributed by atoms with E-state index in [1.54, 1.807) is 7.11 Å². The van der Waals surface area contributed by atoms with Crippen LogP contribution >= 0.6 is 11.3 Å². The van der Waals surface area contributed by atoms with Crippen LogP contribution in [0.5, 0.6) is 5.75 Å². The van der Waals surface area contributed by atoms with Crippen LogP contribution in [0.2, 0.25) is 0 Å². The summed E-state index contributed by atoms with van der Waals surface area (Å²) in [5.41, 5.74) is 6.63. The molecule has 1 amide bonds. The van der Waals surface area contributed by atoms with Gasteiger partial charge >= 0.3 is 0 Å². The number of hydrogen-bond acceptors (Lipinski definition) is 5. The van der Waals surface area contributed by atoms with Gasteiger partial charge in [-0.05, 0) is 24.1 Å². The molecule has 0 spiro atoms. The largest absolute Gasteiger partial charge is 0.497 e. The standard InChI is InChI=1S/C13H17N3O2S/c1-7(2)11(14)12(17)16-13-15-9-5-4-8(18-3)6-10(9)19-13/h4-7,11H,14H2,1-3H3,(H,15,16,17). The number of rotatable bonds is 4. The molecule has 0 bridgehead atoms. The van der Waals surface area contributed by atoms with Crippen molar-refractivity contribution in [2.75, 3.05) is 12.4 Å². The number of aromatic nitrogens is 1. The third-order valence-corrected chi connectivity index (χ3v) is 3.78. The Hall–Kier alpha value is -1.66. The zero-order valence-corrected chi connectivity index (χ0v) is 12.0. The smallest absolute Gasteiger partial charge is 0.243 e. The molecular formula is C13H17N3O2S. The average Bonchev–Trinajstić information content (AvgIpc) is 2.78. The van der Waals surface area contributed by atoms with Gasteiger partial charge in [0.15, 0.2) is 5.13 Å². The molecule has 0 aliphatic carbocycles. The highest BCUT2D eigenvalue weighted by atomic mass is 32.1. The van der Waals surface area contributed by atoms with Gasteiger partial charge in [0, 0.05) is 0 Å². The lowest BCUT2D eigenvalue weighted by Gasteiger charge is -2.13. The van der Waals surface area contributed by atoms with Crippen LogP contribution in [0.4, 0.5) is 5.13 Å². The summed E-state index contributed by atoms with van der Waals surface area (Å²) in [6.07, 6.45) is 0. The average molecular weight is 279 g/mol. The fraction of sp³-hybridized carbons (Fsp3) is 0.385. The second kappa shape index (κ2) is 5.54. The molecule has 1 atom stereocenters. The Morgan fingerprint density at radius 1 is 1.47 bits per heavy atom.